The zero-order valence-electron chi connectivity index (χ0n) is 23.1. The summed E-state index contributed by atoms with van der Waals surface area (Å²) in [5, 5.41) is 15.8. The molecule has 6 heteroatoms. The van der Waals surface area contributed by atoms with Gasteiger partial charge in [0.2, 0.25) is 0 Å². The number of nitrogens with one attached hydrogen (secondary N) is 2. The molecule has 3 N–H and O–H groups in total. The van der Waals surface area contributed by atoms with Gasteiger partial charge in [-0.05, 0) is 47.2 Å². The first-order valence-electron chi connectivity index (χ1n) is 13.9. The molecule has 0 aliphatic carbocycles. The van der Waals surface area contributed by atoms with Gasteiger partial charge in [0.1, 0.15) is 6.04 Å². The summed E-state index contributed by atoms with van der Waals surface area (Å²) < 4.78 is 0. The highest BCUT2D eigenvalue weighted by molar-refractivity contribution is 5.92. The van der Waals surface area contributed by atoms with E-state index in [4.69, 9.17) is 0 Å². The predicted molar refractivity (Wildman–Crippen MR) is 161 cm³/mol. The number of anilines is 1. The second-order valence-corrected chi connectivity index (χ2v) is 9.77. The van der Waals surface area contributed by atoms with Gasteiger partial charge in [-0.25, -0.2) is 4.79 Å². The Morgan fingerprint density at radius 1 is 0.897 bits per heavy atom. The molecular weight excluding hydrogens is 486 g/mol. The van der Waals surface area contributed by atoms with E-state index < -0.39 is 12.0 Å². The van der Waals surface area contributed by atoms with Crippen LogP contribution in [-0.4, -0.2) is 43.3 Å². The van der Waals surface area contributed by atoms with Gasteiger partial charge in [-0.2, -0.15) is 0 Å². The van der Waals surface area contributed by atoms with Crippen molar-refractivity contribution in [2.24, 2.45) is 0 Å². The van der Waals surface area contributed by atoms with Gasteiger partial charge < -0.3 is 15.7 Å². The van der Waals surface area contributed by atoms with E-state index in [2.05, 4.69) is 17.6 Å². The van der Waals surface area contributed by atoms with Crippen molar-refractivity contribution in [3.8, 4) is 11.1 Å². The van der Waals surface area contributed by atoms with Crippen molar-refractivity contribution in [1.29, 1.82) is 0 Å². The number of urea groups is 1. The standard InChI is InChI=1S/C33H41N3O3/c1-3-4-5-6-10-22-35-33(39)36(2)30-17-11-16-29(25-30)28-20-18-27(19-21-28)24-31(32(37)38)34-23-12-15-26-13-8-7-9-14-26/h7-9,11-21,25,31,34H,3-6,10,22-24H2,1-2H3,(H,35,39)(H,37,38)/t31-/m0/s1. The Morgan fingerprint density at radius 2 is 1.64 bits per heavy atom. The van der Waals surface area contributed by atoms with E-state index >= 15 is 0 Å². The third-order valence-electron chi connectivity index (χ3n) is 6.71. The van der Waals surface area contributed by atoms with E-state index in [1.54, 1.807) is 11.9 Å². The summed E-state index contributed by atoms with van der Waals surface area (Å²) >= 11 is 0. The van der Waals surface area contributed by atoms with Crippen LogP contribution in [0.15, 0.2) is 84.9 Å². The number of benzene rings is 3. The van der Waals surface area contributed by atoms with Crippen LogP contribution in [0.1, 0.15) is 50.2 Å². The lowest BCUT2D eigenvalue weighted by Gasteiger charge is -2.19. The van der Waals surface area contributed by atoms with Crippen LogP contribution in [0.4, 0.5) is 10.5 Å². The smallest absolute Gasteiger partial charge is 0.321 e. The molecule has 0 bridgehead atoms. The first-order valence-corrected chi connectivity index (χ1v) is 13.9. The largest absolute Gasteiger partial charge is 0.480 e. The highest BCUT2D eigenvalue weighted by Gasteiger charge is 2.17. The fourth-order valence-electron chi connectivity index (χ4n) is 4.34. The Balaban J connectivity index is 1.54. The summed E-state index contributed by atoms with van der Waals surface area (Å²) in [5.41, 5.74) is 4.85. The molecule has 0 unspecified atom stereocenters. The van der Waals surface area contributed by atoms with E-state index in [-0.39, 0.29) is 6.03 Å². The lowest BCUT2D eigenvalue weighted by atomic mass is 10.00. The number of unbranched alkanes of at least 4 members (excludes halogenated alkanes) is 4. The van der Waals surface area contributed by atoms with Crippen LogP contribution < -0.4 is 15.5 Å². The number of carbonyl (C=O) groups excluding carboxylic acids is 1. The van der Waals surface area contributed by atoms with Gasteiger partial charge in [-0.15, -0.1) is 0 Å². The normalized spacial score (nSPS) is 11.8. The Labute approximate surface area is 232 Å². The number of hydrogen-bond donors (Lipinski definition) is 3. The average molecular weight is 528 g/mol. The van der Waals surface area contributed by atoms with Crippen LogP contribution in [-0.2, 0) is 11.2 Å². The highest BCUT2D eigenvalue weighted by Crippen LogP contribution is 2.25. The van der Waals surface area contributed by atoms with E-state index in [1.807, 2.05) is 91.0 Å². The summed E-state index contributed by atoms with van der Waals surface area (Å²) in [6.07, 6.45) is 10.1. The summed E-state index contributed by atoms with van der Waals surface area (Å²) in [7, 11) is 1.78. The molecule has 39 heavy (non-hydrogen) atoms. The summed E-state index contributed by atoms with van der Waals surface area (Å²) in [6.45, 7) is 3.35. The van der Waals surface area contributed by atoms with E-state index in [1.165, 1.54) is 19.3 Å². The van der Waals surface area contributed by atoms with E-state index in [0.29, 0.717) is 19.5 Å². The van der Waals surface area contributed by atoms with Crippen LogP contribution >= 0.6 is 0 Å². The van der Waals surface area contributed by atoms with Crippen molar-refractivity contribution in [1.82, 2.24) is 10.6 Å². The molecular formula is C33H41N3O3. The number of nitrogens with zero attached hydrogens (tertiary/aromatic N) is 1. The third-order valence-corrected chi connectivity index (χ3v) is 6.71. The minimum Gasteiger partial charge on any atom is -0.480 e. The fourth-order valence-corrected chi connectivity index (χ4v) is 4.34. The number of carboxylic acid groups (broad SMARTS) is 1. The van der Waals surface area contributed by atoms with E-state index in [9.17, 15) is 14.7 Å². The zero-order valence-corrected chi connectivity index (χ0v) is 23.1. The molecule has 206 valence electrons. The molecule has 0 heterocycles. The monoisotopic (exact) mass is 527 g/mol. The Kier molecular flexibility index (Phi) is 12.3. The van der Waals surface area contributed by atoms with Crippen LogP contribution in [0.3, 0.4) is 0 Å². The SMILES string of the molecule is CCCCCCCNC(=O)N(C)c1cccc(-c2ccc(C[C@H](NCC=Cc3ccccc3)C(=O)O)cc2)c1. The molecule has 0 aliphatic rings. The third kappa shape index (κ3) is 10.1. The lowest BCUT2D eigenvalue weighted by Crippen LogP contribution is -2.38. The maximum Gasteiger partial charge on any atom is 0.321 e. The molecule has 0 saturated carbocycles. The number of aliphatic carboxylic acids is 1. The van der Waals surface area contributed by atoms with Crippen molar-refractivity contribution in [3.05, 3.63) is 96.1 Å². The molecule has 1 atom stereocenters. The molecule has 3 rings (SSSR count). The molecule has 0 radical (unpaired) electrons. The molecule has 0 spiro atoms. The predicted octanol–water partition coefficient (Wildman–Crippen LogP) is 6.77. The Morgan fingerprint density at radius 3 is 2.36 bits per heavy atom. The molecule has 0 aromatic heterocycles. The molecule has 2 amide bonds. The number of rotatable bonds is 15. The molecule has 0 fully saturated rings. The highest BCUT2D eigenvalue weighted by atomic mass is 16.4. The van der Waals surface area contributed by atoms with Crippen molar-refractivity contribution >= 4 is 23.8 Å². The second kappa shape index (κ2) is 16.1. The van der Waals surface area contributed by atoms with Crippen LogP contribution in [0.2, 0.25) is 0 Å². The van der Waals surface area contributed by atoms with Crippen molar-refractivity contribution in [3.63, 3.8) is 0 Å². The van der Waals surface area contributed by atoms with Gasteiger partial charge in [0.05, 0.1) is 0 Å². The molecule has 3 aromatic carbocycles. The fraction of sp³-hybridized carbons (Fsp3) is 0.333. The zero-order chi connectivity index (χ0) is 27.9. The van der Waals surface area contributed by atoms with Crippen molar-refractivity contribution < 1.29 is 14.7 Å². The number of hydrogen-bond acceptors (Lipinski definition) is 3. The number of amides is 2. The summed E-state index contributed by atoms with van der Waals surface area (Å²) in [6, 6.07) is 24.9. The average Bonchev–Trinajstić information content (AvgIpc) is 2.96. The topological polar surface area (TPSA) is 81.7 Å². The lowest BCUT2D eigenvalue weighted by molar-refractivity contribution is -0.139. The van der Waals surface area contributed by atoms with Gasteiger partial charge in [0, 0.05) is 25.8 Å². The second-order valence-electron chi connectivity index (χ2n) is 9.77. The van der Waals surface area contributed by atoms with Gasteiger partial charge in [-0.3, -0.25) is 9.69 Å². The first kappa shape index (κ1) is 29.7. The molecule has 0 aliphatic heterocycles. The van der Waals surface area contributed by atoms with Crippen LogP contribution in [0, 0.1) is 0 Å². The maximum absolute atomic E-state index is 12.6. The minimum atomic E-state index is -0.873. The van der Waals surface area contributed by atoms with Gasteiger partial charge >= 0.3 is 12.0 Å². The van der Waals surface area contributed by atoms with Gasteiger partial charge in [-0.1, -0.05) is 111 Å². The van der Waals surface area contributed by atoms with Gasteiger partial charge in [0.15, 0.2) is 0 Å². The maximum atomic E-state index is 12.6. The first-order chi connectivity index (χ1) is 19.0. The summed E-state index contributed by atoms with van der Waals surface area (Å²) in [4.78, 5) is 26.1. The summed E-state index contributed by atoms with van der Waals surface area (Å²) in [5.74, 6) is -0.873. The van der Waals surface area contributed by atoms with Crippen molar-refractivity contribution in [2.75, 3.05) is 25.0 Å². The number of carbonyl (C=O) groups is 2. The minimum absolute atomic E-state index is 0.108. The molecule has 0 saturated heterocycles. The number of carboxylic acids is 1. The van der Waals surface area contributed by atoms with Crippen LogP contribution in [0.5, 0.6) is 0 Å². The van der Waals surface area contributed by atoms with Crippen LogP contribution in [0.25, 0.3) is 17.2 Å². The quantitative estimate of drug-likeness (QED) is 0.191. The molecule has 6 nitrogen and oxygen atoms in total. The molecule has 3 aromatic rings. The van der Waals surface area contributed by atoms with Crippen molar-refractivity contribution in [2.45, 2.75) is 51.5 Å². The Bertz CT molecular complexity index is 1190. The van der Waals surface area contributed by atoms with E-state index in [0.717, 1.165) is 40.8 Å². The Hall–Kier alpha value is -3.90. The van der Waals surface area contributed by atoms with Gasteiger partial charge in [0.25, 0.3) is 0 Å².